The molecule has 0 aliphatic rings. The van der Waals surface area contributed by atoms with Gasteiger partial charge in [-0.05, 0) is 56.7 Å². The minimum Gasteiger partial charge on any atom is -0.335 e. The molecule has 0 radical (unpaired) electrons. The van der Waals surface area contributed by atoms with Gasteiger partial charge in [0.25, 0.3) is 0 Å². The summed E-state index contributed by atoms with van der Waals surface area (Å²) in [6.45, 7) is 5.79. The van der Waals surface area contributed by atoms with E-state index in [4.69, 9.17) is 17.4 Å². The number of nitrogen functional groups attached to an aromatic ring is 1. The van der Waals surface area contributed by atoms with Gasteiger partial charge in [0.05, 0.1) is 5.25 Å². The van der Waals surface area contributed by atoms with Crippen LogP contribution >= 0.6 is 23.4 Å². The Morgan fingerprint density at radius 3 is 2.56 bits per heavy atom. The van der Waals surface area contributed by atoms with Gasteiger partial charge in [0.15, 0.2) is 5.82 Å². The fraction of sp³-hybridized carbons (Fsp3) is 0.211. The van der Waals surface area contributed by atoms with Crippen LogP contribution in [0.1, 0.15) is 18.1 Å². The van der Waals surface area contributed by atoms with Gasteiger partial charge in [-0.25, -0.2) is 4.68 Å². The number of amides is 1. The summed E-state index contributed by atoms with van der Waals surface area (Å²) in [5.74, 6) is 6.51. The highest BCUT2D eigenvalue weighted by molar-refractivity contribution is 8.00. The van der Waals surface area contributed by atoms with Crippen LogP contribution in [-0.4, -0.2) is 26.0 Å². The number of nitrogens with zero attached hydrogens (tertiary/aromatic N) is 3. The van der Waals surface area contributed by atoms with Gasteiger partial charge >= 0.3 is 0 Å². The van der Waals surface area contributed by atoms with E-state index in [2.05, 4.69) is 15.5 Å². The molecule has 8 heteroatoms. The highest BCUT2D eigenvalue weighted by Gasteiger charge is 2.20. The number of carbonyl (C=O) groups excluding carboxylic acids is 1. The maximum Gasteiger partial charge on any atom is 0.237 e. The monoisotopic (exact) mass is 401 g/mol. The normalized spacial score (nSPS) is 12.0. The largest absolute Gasteiger partial charge is 0.335 e. The van der Waals surface area contributed by atoms with Gasteiger partial charge in [-0.15, -0.1) is 10.2 Å². The van der Waals surface area contributed by atoms with Crippen molar-refractivity contribution in [1.82, 2.24) is 14.9 Å². The Kier molecular flexibility index (Phi) is 5.72. The molecule has 0 bridgehead atoms. The van der Waals surface area contributed by atoms with Gasteiger partial charge in [0.1, 0.15) is 0 Å². The van der Waals surface area contributed by atoms with E-state index in [1.54, 1.807) is 19.1 Å². The Morgan fingerprint density at radius 1 is 1.19 bits per heavy atom. The van der Waals surface area contributed by atoms with Gasteiger partial charge in [-0.3, -0.25) is 4.79 Å². The molecule has 3 aromatic rings. The molecule has 1 atom stereocenters. The van der Waals surface area contributed by atoms with Gasteiger partial charge < -0.3 is 11.2 Å². The van der Waals surface area contributed by atoms with Gasteiger partial charge in [-0.2, -0.15) is 0 Å². The Bertz CT molecular complexity index is 971. The third-order valence-electron chi connectivity index (χ3n) is 4.06. The number of hydrogen-bond donors (Lipinski definition) is 2. The highest BCUT2D eigenvalue weighted by atomic mass is 35.5. The number of carbonyl (C=O) groups is 1. The first-order chi connectivity index (χ1) is 12.8. The van der Waals surface area contributed by atoms with Crippen molar-refractivity contribution < 1.29 is 4.79 Å². The molecule has 1 amide bonds. The van der Waals surface area contributed by atoms with Gasteiger partial charge in [-0.1, -0.05) is 41.1 Å². The molecule has 6 nitrogen and oxygen atoms in total. The maximum absolute atomic E-state index is 12.5. The number of halogens is 1. The van der Waals surface area contributed by atoms with E-state index in [1.165, 1.54) is 16.4 Å². The lowest BCUT2D eigenvalue weighted by atomic mass is 10.1. The van der Waals surface area contributed by atoms with Crippen LogP contribution in [0, 0.1) is 13.8 Å². The molecule has 1 aromatic heterocycles. The van der Waals surface area contributed by atoms with Crippen LogP contribution < -0.4 is 11.2 Å². The van der Waals surface area contributed by atoms with Crippen LogP contribution in [0.5, 0.6) is 0 Å². The second kappa shape index (κ2) is 8.02. The molecule has 0 aliphatic heterocycles. The zero-order chi connectivity index (χ0) is 19.6. The van der Waals surface area contributed by atoms with Crippen LogP contribution in [-0.2, 0) is 4.79 Å². The van der Waals surface area contributed by atoms with Crippen molar-refractivity contribution in [3.05, 3.63) is 58.6 Å². The molecule has 0 aliphatic carbocycles. The zero-order valence-corrected chi connectivity index (χ0v) is 16.8. The predicted molar refractivity (Wildman–Crippen MR) is 110 cm³/mol. The molecule has 0 fully saturated rings. The fourth-order valence-electron chi connectivity index (χ4n) is 2.55. The molecule has 0 saturated heterocycles. The average molecular weight is 402 g/mol. The number of rotatable bonds is 5. The minimum absolute atomic E-state index is 0.122. The van der Waals surface area contributed by atoms with Crippen molar-refractivity contribution in [1.29, 1.82) is 0 Å². The third kappa shape index (κ3) is 4.43. The van der Waals surface area contributed by atoms with Crippen LogP contribution in [0.3, 0.4) is 0 Å². The predicted octanol–water partition coefficient (Wildman–Crippen LogP) is 4.05. The molecular weight excluding hydrogens is 382 g/mol. The van der Waals surface area contributed by atoms with Gasteiger partial charge in [0, 0.05) is 16.3 Å². The van der Waals surface area contributed by atoms with E-state index in [0.29, 0.717) is 16.0 Å². The second-order valence-electron chi connectivity index (χ2n) is 6.25. The molecule has 1 unspecified atom stereocenters. The smallest absolute Gasteiger partial charge is 0.237 e. The summed E-state index contributed by atoms with van der Waals surface area (Å²) < 4.78 is 1.38. The summed E-state index contributed by atoms with van der Waals surface area (Å²) in [5.41, 5.74) is 3.77. The number of aromatic nitrogens is 3. The van der Waals surface area contributed by atoms with Crippen LogP contribution in [0.4, 0.5) is 5.69 Å². The van der Waals surface area contributed by atoms with Crippen LogP contribution in [0.15, 0.2) is 47.6 Å². The highest BCUT2D eigenvalue weighted by Crippen LogP contribution is 2.26. The van der Waals surface area contributed by atoms with Crippen molar-refractivity contribution in [2.24, 2.45) is 0 Å². The Morgan fingerprint density at radius 2 is 1.89 bits per heavy atom. The molecule has 1 heterocycles. The van der Waals surface area contributed by atoms with E-state index in [0.717, 1.165) is 22.4 Å². The van der Waals surface area contributed by atoms with E-state index < -0.39 is 5.25 Å². The molecule has 140 valence electrons. The zero-order valence-electron chi connectivity index (χ0n) is 15.2. The fourth-order valence-corrected chi connectivity index (χ4v) is 3.45. The maximum atomic E-state index is 12.5. The summed E-state index contributed by atoms with van der Waals surface area (Å²) >= 11 is 7.16. The van der Waals surface area contributed by atoms with Crippen molar-refractivity contribution >= 4 is 35.0 Å². The Hall–Kier alpha value is -2.51. The lowest BCUT2D eigenvalue weighted by Gasteiger charge is -2.13. The molecular formula is C19H20ClN5OS. The first-order valence-electron chi connectivity index (χ1n) is 8.36. The molecule has 0 spiro atoms. The van der Waals surface area contributed by atoms with Crippen molar-refractivity contribution in [2.45, 2.75) is 31.2 Å². The molecule has 2 aromatic carbocycles. The molecule has 3 N–H and O–H groups in total. The summed E-state index contributed by atoms with van der Waals surface area (Å²) in [4.78, 5) is 12.5. The van der Waals surface area contributed by atoms with Crippen molar-refractivity contribution in [3.8, 4) is 11.4 Å². The quantitative estimate of drug-likeness (QED) is 0.497. The number of hydrogen-bond acceptors (Lipinski definition) is 5. The number of nitrogens with one attached hydrogen (secondary N) is 1. The average Bonchev–Trinajstić information content (AvgIpc) is 2.98. The summed E-state index contributed by atoms with van der Waals surface area (Å²) in [6.07, 6.45) is 0. The standard InChI is InChI=1S/C19H20ClN5OS/c1-11-4-9-16(12(2)10-11)22-18(26)13(3)27-19-24-23-17(25(19)21)14-5-7-15(20)8-6-14/h4-10,13H,21H2,1-3H3,(H,22,26). The number of benzene rings is 2. The van der Waals surface area contributed by atoms with E-state index in [-0.39, 0.29) is 5.91 Å². The summed E-state index contributed by atoms with van der Waals surface area (Å²) in [7, 11) is 0. The first-order valence-corrected chi connectivity index (χ1v) is 9.62. The lowest BCUT2D eigenvalue weighted by molar-refractivity contribution is -0.115. The van der Waals surface area contributed by atoms with Gasteiger partial charge in [0.2, 0.25) is 11.1 Å². The van der Waals surface area contributed by atoms with Crippen molar-refractivity contribution in [2.75, 3.05) is 11.2 Å². The van der Waals surface area contributed by atoms with E-state index in [9.17, 15) is 4.79 Å². The number of nitrogens with two attached hydrogens (primary N) is 1. The SMILES string of the molecule is Cc1ccc(NC(=O)C(C)Sc2nnc(-c3ccc(Cl)cc3)n2N)c(C)c1. The minimum atomic E-state index is -0.393. The second-order valence-corrected chi connectivity index (χ2v) is 8.00. The molecule has 27 heavy (non-hydrogen) atoms. The number of anilines is 1. The van der Waals surface area contributed by atoms with Crippen molar-refractivity contribution in [3.63, 3.8) is 0 Å². The van der Waals surface area contributed by atoms with E-state index >= 15 is 0 Å². The number of thioether (sulfide) groups is 1. The van der Waals surface area contributed by atoms with Crippen LogP contribution in [0.25, 0.3) is 11.4 Å². The number of aryl methyl sites for hydroxylation is 2. The van der Waals surface area contributed by atoms with E-state index in [1.807, 2.05) is 44.2 Å². The molecule has 0 saturated carbocycles. The Labute approximate surface area is 167 Å². The Balaban J connectivity index is 1.71. The third-order valence-corrected chi connectivity index (χ3v) is 5.37. The van der Waals surface area contributed by atoms with Crippen LogP contribution in [0.2, 0.25) is 5.02 Å². The first kappa shape index (κ1) is 19.3. The lowest BCUT2D eigenvalue weighted by Crippen LogP contribution is -2.24. The molecule has 3 rings (SSSR count). The summed E-state index contributed by atoms with van der Waals surface area (Å²) in [6, 6.07) is 13.1. The topological polar surface area (TPSA) is 85.8 Å². The summed E-state index contributed by atoms with van der Waals surface area (Å²) in [5, 5.41) is 11.9.